The van der Waals surface area contributed by atoms with Gasteiger partial charge in [0.1, 0.15) is 11.6 Å². The number of benzene rings is 1. The number of carboxylic acids is 1. The zero-order valence-electron chi connectivity index (χ0n) is 9.15. The highest BCUT2D eigenvalue weighted by atomic mass is 35.5. The van der Waals surface area contributed by atoms with E-state index in [0.717, 1.165) is 0 Å². The second-order valence-electron chi connectivity index (χ2n) is 3.60. The molecule has 0 aliphatic rings. The largest absolute Gasteiger partial charge is 0.481 e. The summed E-state index contributed by atoms with van der Waals surface area (Å²) in [7, 11) is 0. The summed E-state index contributed by atoms with van der Waals surface area (Å²) in [4.78, 5) is 14.4. The third-order valence-corrected chi connectivity index (χ3v) is 2.61. The van der Waals surface area contributed by atoms with Crippen LogP contribution in [-0.4, -0.2) is 26.3 Å². The maximum absolute atomic E-state index is 13.6. The van der Waals surface area contributed by atoms with Crippen molar-refractivity contribution in [1.29, 1.82) is 0 Å². The average Bonchev–Trinajstić information content (AvgIpc) is 2.75. The van der Waals surface area contributed by atoms with Gasteiger partial charge >= 0.3 is 5.97 Å². The van der Waals surface area contributed by atoms with Crippen LogP contribution in [0.2, 0.25) is 5.02 Å². The van der Waals surface area contributed by atoms with Crippen molar-refractivity contribution in [2.75, 3.05) is 0 Å². The molecule has 0 aliphatic carbocycles. The van der Waals surface area contributed by atoms with E-state index >= 15 is 0 Å². The first-order chi connectivity index (χ1) is 8.58. The Kier molecular flexibility index (Phi) is 3.57. The Hall–Kier alpha value is -1.95. The number of aromatic amines is 1. The predicted molar refractivity (Wildman–Crippen MR) is 62.7 cm³/mol. The fraction of sp³-hybridized carbons (Fsp3) is 0.182. The van der Waals surface area contributed by atoms with Crippen molar-refractivity contribution >= 4 is 17.6 Å². The Morgan fingerprint density at radius 3 is 2.94 bits per heavy atom. The molecule has 0 bridgehead atoms. The van der Waals surface area contributed by atoms with Gasteiger partial charge < -0.3 is 5.11 Å². The summed E-state index contributed by atoms with van der Waals surface area (Å²) < 4.78 is 13.6. The number of hydrogen-bond acceptors (Lipinski definition) is 3. The van der Waals surface area contributed by atoms with E-state index in [2.05, 4.69) is 15.2 Å². The van der Waals surface area contributed by atoms with Crippen LogP contribution in [0.4, 0.5) is 4.39 Å². The minimum atomic E-state index is -0.933. The predicted octanol–water partition coefficient (Wildman–Crippen LogP) is 2.28. The molecule has 5 nitrogen and oxygen atoms in total. The van der Waals surface area contributed by atoms with Crippen LogP contribution in [0, 0.1) is 5.82 Å². The molecule has 0 amide bonds. The molecular weight excluding hydrogens is 261 g/mol. The third kappa shape index (κ3) is 2.65. The topological polar surface area (TPSA) is 78.9 Å². The molecule has 0 atom stereocenters. The van der Waals surface area contributed by atoms with E-state index < -0.39 is 11.8 Å². The lowest BCUT2D eigenvalue weighted by molar-refractivity contribution is -0.137. The highest BCUT2D eigenvalue weighted by Crippen LogP contribution is 2.27. The zero-order valence-corrected chi connectivity index (χ0v) is 9.91. The van der Waals surface area contributed by atoms with Crippen LogP contribution in [0.15, 0.2) is 18.2 Å². The van der Waals surface area contributed by atoms with Gasteiger partial charge in [0, 0.05) is 6.42 Å². The van der Waals surface area contributed by atoms with Gasteiger partial charge in [0.2, 0.25) is 0 Å². The molecule has 1 aromatic carbocycles. The quantitative estimate of drug-likeness (QED) is 0.892. The summed E-state index contributed by atoms with van der Waals surface area (Å²) in [6.07, 6.45) is 0.133. The molecule has 0 radical (unpaired) electrons. The van der Waals surface area contributed by atoms with E-state index in [-0.39, 0.29) is 29.3 Å². The van der Waals surface area contributed by atoms with Crippen LogP contribution in [0.25, 0.3) is 11.4 Å². The van der Waals surface area contributed by atoms with E-state index in [9.17, 15) is 9.18 Å². The van der Waals surface area contributed by atoms with E-state index in [1.807, 2.05) is 0 Å². The van der Waals surface area contributed by atoms with Crippen molar-refractivity contribution in [3.05, 3.63) is 34.9 Å². The van der Waals surface area contributed by atoms with Gasteiger partial charge in [0.15, 0.2) is 5.82 Å². The number of H-pyrrole nitrogens is 1. The summed E-state index contributed by atoms with van der Waals surface area (Å²) in [5, 5.41) is 15.1. The first-order valence-corrected chi connectivity index (χ1v) is 5.53. The fourth-order valence-electron chi connectivity index (χ4n) is 1.46. The van der Waals surface area contributed by atoms with Crippen molar-refractivity contribution < 1.29 is 14.3 Å². The molecule has 0 saturated heterocycles. The number of rotatable bonds is 4. The molecule has 1 aromatic heterocycles. The Morgan fingerprint density at radius 1 is 1.50 bits per heavy atom. The van der Waals surface area contributed by atoms with Crippen molar-refractivity contribution in [2.24, 2.45) is 0 Å². The Labute approximate surface area is 107 Å². The van der Waals surface area contributed by atoms with Gasteiger partial charge in [-0.25, -0.2) is 9.37 Å². The van der Waals surface area contributed by atoms with Crippen molar-refractivity contribution in [3.8, 4) is 11.4 Å². The number of aryl methyl sites for hydroxylation is 1. The minimum Gasteiger partial charge on any atom is -0.481 e. The first kappa shape index (κ1) is 12.5. The molecule has 2 aromatic rings. The summed E-state index contributed by atoms with van der Waals surface area (Å²) in [6, 6.07) is 4.28. The van der Waals surface area contributed by atoms with Crippen LogP contribution in [0.3, 0.4) is 0 Å². The van der Waals surface area contributed by atoms with Crippen LogP contribution >= 0.6 is 11.6 Å². The molecule has 0 unspecified atom stereocenters. The maximum atomic E-state index is 13.6. The number of halogens is 2. The van der Waals surface area contributed by atoms with Gasteiger partial charge in [-0.05, 0) is 12.1 Å². The molecule has 1 heterocycles. The SMILES string of the molecule is O=C(O)CCc1nc(-c2c(F)cccc2Cl)n[nH]1. The molecule has 18 heavy (non-hydrogen) atoms. The Morgan fingerprint density at radius 2 is 2.28 bits per heavy atom. The summed E-state index contributed by atoms with van der Waals surface area (Å²) in [6.45, 7) is 0. The van der Waals surface area contributed by atoms with Crippen molar-refractivity contribution in [1.82, 2.24) is 15.2 Å². The van der Waals surface area contributed by atoms with Gasteiger partial charge in [-0.2, -0.15) is 5.10 Å². The Bertz CT molecular complexity index is 565. The van der Waals surface area contributed by atoms with E-state index in [0.29, 0.717) is 5.82 Å². The average molecular weight is 270 g/mol. The fourth-order valence-corrected chi connectivity index (χ4v) is 1.70. The molecule has 2 rings (SSSR count). The standard InChI is InChI=1S/C11H9ClFN3O2/c12-6-2-1-3-7(13)10(6)11-14-8(15-16-11)4-5-9(17)18/h1-3H,4-5H2,(H,17,18)(H,14,15,16). The monoisotopic (exact) mass is 269 g/mol. The van der Waals surface area contributed by atoms with Gasteiger partial charge in [0.25, 0.3) is 0 Å². The molecule has 2 N–H and O–H groups in total. The Balaban J connectivity index is 2.27. The number of carbonyl (C=O) groups is 1. The molecule has 94 valence electrons. The molecule has 7 heteroatoms. The third-order valence-electron chi connectivity index (χ3n) is 2.29. The molecule has 0 aliphatic heterocycles. The molecule has 0 spiro atoms. The van der Waals surface area contributed by atoms with E-state index in [1.165, 1.54) is 18.2 Å². The van der Waals surface area contributed by atoms with E-state index in [1.54, 1.807) is 0 Å². The smallest absolute Gasteiger partial charge is 0.303 e. The van der Waals surface area contributed by atoms with Crippen LogP contribution < -0.4 is 0 Å². The molecule has 0 fully saturated rings. The summed E-state index contributed by atoms with van der Waals surface area (Å²) in [5.74, 6) is -0.951. The van der Waals surface area contributed by atoms with Crippen molar-refractivity contribution in [2.45, 2.75) is 12.8 Å². The van der Waals surface area contributed by atoms with Crippen molar-refractivity contribution in [3.63, 3.8) is 0 Å². The van der Waals surface area contributed by atoms with Gasteiger partial charge in [-0.3, -0.25) is 9.89 Å². The number of hydrogen-bond donors (Lipinski definition) is 2. The van der Waals surface area contributed by atoms with Gasteiger partial charge in [-0.15, -0.1) is 0 Å². The number of nitrogens with zero attached hydrogens (tertiary/aromatic N) is 2. The molecular formula is C11H9ClFN3O2. The number of carboxylic acid groups (broad SMARTS) is 1. The summed E-state index contributed by atoms with van der Waals surface area (Å²) >= 11 is 5.87. The first-order valence-electron chi connectivity index (χ1n) is 5.15. The molecule has 0 saturated carbocycles. The number of aliphatic carboxylic acids is 1. The van der Waals surface area contributed by atoms with Crippen LogP contribution in [-0.2, 0) is 11.2 Å². The van der Waals surface area contributed by atoms with Gasteiger partial charge in [0.05, 0.1) is 17.0 Å². The normalized spacial score (nSPS) is 10.6. The summed E-state index contributed by atoms with van der Waals surface area (Å²) in [5.41, 5.74) is 0.108. The second-order valence-corrected chi connectivity index (χ2v) is 4.00. The highest BCUT2D eigenvalue weighted by Gasteiger charge is 2.14. The second kappa shape index (κ2) is 5.14. The van der Waals surface area contributed by atoms with Gasteiger partial charge in [-0.1, -0.05) is 17.7 Å². The number of nitrogens with one attached hydrogen (secondary N) is 1. The number of aromatic nitrogens is 3. The van der Waals surface area contributed by atoms with Crippen LogP contribution in [0.5, 0.6) is 0 Å². The van der Waals surface area contributed by atoms with E-state index in [4.69, 9.17) is 16.7 Å². The zero-order chi connectivity index (χ0) is 13.1. The lowest BCUT2D eigenvalue weighted by atomic mass is 10.2. The highest BCUT2D eigenvalue weighted by molar-refractivity contribution is 6.33. The lowest BCUT2D eigenvalue weighted by Crippen LogP contribution is -1.98. The van der Waals surface area contributed by atoms with Crippen LogP contribution in [0.1, 0.15) is 12.2 Å². The minimum absolute atomic E-state index is 0.0698. The lowest BCUT2D eigenvalue weighted by Gasteiger charge is -1.99. The maximum Gasteiger partial charge on any atom is 0.303 e.